The van der Waals surface area contributed by atoms with Gasteiger partial charge in [0, 0.05) is 6.20 Å². The average molecular weight is 274 g/mol. The molecule has 1 rings (SSSR count). The van der Waals surface area contributed by atoms with Gasteiger partial charge in [0.1, 0.15) is 5.54 Å². The highest BCUT2D eigenvalue weighted by molar-refractivity contribution is 6.31. The Balaban J connectivity index is 2.85. The summed E-state index contributed by atoms with van der Waals surface area (Å²) in [6.45, 7) is 5.65. The molecule has 0 aliphatic carbocycles. The van der Waals surface area contributed by atoms with Crippen molar-refractivity contribution in [2.75, 3.05) is 14.2 Å². The van der Waals surface area contributed by atoms with E-state index in [0.29, 0.717) is 11.4 Å². The Kier molecular flexibility index (Phi) is 4.76. The van der Waals surface area contributed by atoms with Gasteiger partial charge in [-0.25, -0.2) is 0 Å². The van der Waals surface area contributed by atoms with E-state index in [-0.39, 0.29) is 12.0 Å². The number of nitrogens with zero attached hydrogens (tertiary/aromatic N) is 2. The number of hydrogen-bond donors (Lipinski definition) is 1. The Hall–Kier alpha value is -1.07. The molecule has 2 atom stereocenters. The van der Waals surface area contributed by atoms with Crippen molar-refractivity contribution in [3.8, 4) is 0 Å². The van der Waals surface area contributed by atoms with Crippen molar-refractivity contribution in [3.63, 3.8) is 0 Å². The van der Waals surface area contributed by atoms with E-state index in [9.17, 15) is 4.79 Å². The first-order valence-corrected chi connectivity index (χ1v) is 6.20. The SMILES string of the molecule is CNC(C)(CC(C)n1cc(Cl)c(C)n1)C(=O)OC. The normalized spacial score (nSPS) is 16.1. The van der Waals surface area contributed by atoms with Crippen LogP contribution in [-0.4, -0.2) is 35.4 Å². The molecule has 6 heteroatoms. The lowest BCUT2D eigenvalue weighted by molar-refractivity contribution is -0.148. The summed E-state index contributed by atoms with van der Waals surface area (Å²) in [4.78, 5) is 11.8. The van der Waals surface area contributed by atoms with Gasteiger partial charge in [-0.2, -0.15) is 5.10 Å². The molecule has 0 bridgehead atoms. The zero-order valence-corrected chi connectivity index (χ0v) is 12.2. The summed E-state index contributed by atoms with van der Waals surface area (Å²) in [7, 11) is 3.13. The Morgan fingerprint density at radius 2 is 2.33 bits per heavy atom. The second-order valence-corrected chi connectivity index (χ2v) is 5.08. The standard InChI is InChI=1S/C12H20ClN3O2/c1-8(16-7-10(13)9(2)15-16)6-12(3,14-4)11(17)18-5/h7-8,14H,6H2,1-5H3. The quantitative estimate of drug-likeness (QED) is 0.833. The Morgan fingerprint density at radius 1 is 1.72 bits per heavy atom. The molecule has 102 valence electrons. The number of aryl methyl sites for hydroxylation is 1. The third-order valence-electron chi connectivity index (χ3n) is 3.20. The van der Waals surface area contributed by atoms with Crippen molar-refractivity contribution in [1.82, 2.24) is 15.1 Å². The van der Waals surface area contributed by atoms with Crippen molar-refractivity contribution in [2.45, 2.75) is 38.8 Å². The Labute approximate surface area is 112 Å². The lowest BCUT2D eigenvalue weighted by Crippen LogP contribution is -2.49. The van der Waals surface area contributed by atoms with Gasteiger partial charge in [-0.05, 0) is 34.2 Å². The highest BCUT2D eigenvalue weighted by Crippen LogP contribution is 2.23. The van der Waals surface area contributed by atoms with Crippen molar-refractivity contribution in [3.05, 3.63) is 16.9 Å². The number of esters is 1. The van der Waals surface area contributed by atoms with E-state index in [4.69, 9.17) is 16.3 Å². The van der Waals surface area contributed by atoms with Gasteiger partial charge in [0.05, 0.1) is 23.9 Å². The fraction of sp³-hybridized carbons (Fsp3) is 0.667. The zero-order valence-electron chi connectivity index (χ0n) is 11.5. The van der Waals surface area contributed by atoms with E-state index < -0.39 is 5.54 Å². The highest BCUT2D eigenvalue weighted by Gasteiger charge is 2.34. The number of hydrogen-bond acceptors (Lipinski definition) is 4. The molecule has 0 saturated heterocycles. The molecule has 1 N–H and O–H groups in total. The van der Waals surface area contributed by atoms with Crippen LogP contribution in [0.4, 0.5) is 0 Å². The first kappa shape index (κ1) is 15.0. The maximum atomic E-state index is 11.8. The topological polar surface area (TPSA) is 56.2 Å². The number of ether oxygens (including phenoxy) is 1. The second kappa shape index (κ2) is 5.71. The van der Waals surface area contributed by atoms with Gasteiger partial charge in [-0.15, -0.1) is 0 Å². The summed E-state index contributed by atoms with van der Waals surface area (Å²) in [6.07, 6.45) is 2.34. The van der Waals surface area contributed by atoms with E-state index in [0.717, 1.165) is 5.69 Å². The van der Waals surface area contributed by atoms with E-state index in [2.05, 4.69) is 10.4 Å². The summed E-state index contributed by atoms with van der Waals surface area (Å²) in [6, 6.07) is 0.0350. The lowest BCUT2D eigenvalue weighted by Gasteiger charge is -2.29. The number of aromatic nitrogens is 2. The van der Waals surface area contributed by atoms with Crippen LogP contribution in [0.25, 0.3) is 0 Å². The molecular formula is C12H20ClN3O2. The van der Waals surface area contributed by atoms with Crippen LogP contribution < -0.4 is 5.32 Å². The molecule has 0 spiro atoms. The minimum atomic E-state index is -0.736. The molecule has 1 aromatic heterocycles. The molecule has 1 heterocycles. The number of nitrogens with one attached hydrogen (secondary N) is 1. The van der Waals surface area contributed by atoms with Gasteiger partial charge in [0.25, 0.3) is 0 Å². The van der Waals surface area contributed by atoms with Crippen LogP contribution in [0, 0.1) is 6.92 Å². The van der Waals surface area contributed by atoms with Crippen LogP contribution in [-0.2, 0) is 9.53 Å². The van der Waals surface area contributed by atoms with Crippen LogP contribution in [0.3, 0.4) is 0 Å². The van der Waals surface area contributed by atoms with Crippen molar-refractivity contribution in [1.29, 1.82) is 0 Å². The average Bonchev–Trinajstić information content (AvgIpc) is 2.68. The molecule has 0 radical (unpaired) electrons. The Morgan fingerprint density at radius 3 is 2.72 bits per heavy atom. The highest BCUT2D eigenvalue weighted by atomic mass is 35.5. The van der Waals surface area contributed by atoms with Gasteiger partial charge in [0.2, 0.25) is 0 Å². The predicted octanol–water partition coefficient (Wildman–Crippen LogP) is 1.95. The number of carbonyl (C=O) groups excluding carboxylic acids is 1. The van der Waals surface area contributed by atoms with E-state index in [1.54, 1.807) is 17.9 Å². The van der Waals surface area contributed by atoms with Crippen LogP contribution in [0.1, 0.15) is 32.0 Å². The maximum Gasteiger partial charge on any atom is 0.325 e. The lowest BCUT2D eigenvalue weighted by atomic mass is 9.94. The molecule has 1 aromatic rings. The molecular weight excluding hydrogens is 254 g/mol. The molecule has 0 fully saturated rings. The molecule has 0 aliphatic heterocycles. The molecule has 0 aromatic carbocycles. The van der Waals surface area contributed by atoms with Gasteiger partial charge in [-0.3, -0.25) is 9.48 Å². The van der Waals surface area contributed by atoms with Crippen LogP contribution >= 0.6 is 11.6 Å². The van der Waals surface area contributed by atoms with Gasteiger partial charge in [0.15, 0.2) is 0 Å². The van der Waals surface area contributed by atoms with Crippen LogP contribution in [0.5, 0.6) is 0 Å². The van der Waals surface area contributed by atoms with E-state index in [1.165, 1.54) is 7.11 Å². The summed E-state index contributed by atoms with van der Waals surface area (Å²) in [5.41, 5.74) is 0.0493. The number of methoxy groups -OCH3 is 1. The number of halogens is 1. The molecule has 0 amide bonds. The third-order valence-corrected chi connectivity index (χ3v) is 3.57. The molecule has 2 unspecified atom stereocenters. The molecule has 0 aliphatic rings. The van der Waals surface area contributed by atoms with Crippen molar-refractivity contribution in [2.24, 2.45) is 0 Å². The maximum absolute atomic E-state index is 11.8. The summed E-state index contributed by atoms with van der Waals surface area (Å²) < 4.78 is 6.59. The zero-order chi connectivity index (χ0) is 13.9. The number of likely N-dealkylation sites (N-methyl/N-ethyl adjacent to an activating group) is 1. The van der Waals surface area contributed by atoms with Crippen LogP contribution in [0.2, 0.25) is 5.02 Å². The molecule has 18 heavy (non-hydrogen) atoms. The second-order valence-electron chi connectivity index (χ2n) is 4.67. The summed E-state index contributed by atoms with van der Waals surface area (Å²) >= 11 is 5.98. The molecule has 5 nitrogen and oxygen atoms in total. The van der Waals surface area contributed by atoms with Gasteiger partial charge >= 0.3 is 5.97 Å². The Bertz CT molecular complexity index is 413. The largest absolute Gasteiger partial charge is 0.468 e. The van der Waals surface area contributed by atoms with E-state index >= 15 is 0 Å². The monoisotopic (exact) mass is 273 g/mol. The number of rotatable bonds is 5. The van der Waals surface area contributed by atoms with Crippen molar-refractivity contribution >= 4 is 17.6 Å². The smallest absolute Gasteiger partial charge is 0.325 e. The minimum absolute atomic E-state index is 0.0350. The van der Waals surface area contributed by atoms with E-state index in [1.807, 2.05) is 20.8 Å². The van der Waals surface area contributed by atoms with Gasteiger partial charge in [-0.1, -0.05) is 11.6 Å². The van der Waals surface area contributed by atoms with Crippen molar-refractivity contribution < 1.29 is 9.53 Å². The summed E-state index contributed by atoms with van der Waals surface area (Å²) in [5, 5.41) is 7.95. The fourth-order valence-corrected chi connectivity index (χ4v) is 2.02. The molecule has 0 saturated carbocycles. The minimum Gasteiger partial charge on any atom is -0.468 e. The third kappa shape index (κ3) is 3.03. The summed E-state index contributed by atoms with van der Waals surface area (Å²) in [5.74, 6) is -0.285. The first-order valence-electron chi connectivity index (χ1n) is 5.82. The first-order chi connectivity index (χ1) is 8.34. The fourth-order valence-electron chi connectivity index (χ4n) is 1.88. The predicted molar refractivity (Wildman–Crippen MR) is 70.8 cm³/mol. The number of carbonyl (C=O) groups is 1. The van der Waals surface area contributed by atoms with Crippen LogP contribution in [0.15, 0.2) is 6.20 Å². The van der Waals surface area contributed by atoms with Gasteiger partial charge < -0.3 is 10.1 Å².